The number of aryl methyl sites for hydroxylation is 2. The largest absolute Gasteiger partial charge is 0.469 e. The van der Waals surface area contributed by atoms with Crippen molar-refractivity contribution in [1.29, 1.82) is 0 Å². The molecule has 2 aromatic heterocycles. The smallest absolute Gasteiger partial charge is 0.305 e. The van der Waals surface area contributed by atoms with Crippen molar-refractivity contribution in [2.45, 2.75) is 31.0 Å². The van der Waals surface area contributed by atoms with Crippen LogP contribution in [0.2, 0.25) is 0 Å². The predicted octanol–water partition coefficient (Wildman–Crippen LogP) is 1.14. The van der Waals surface area contributed by atoms with Crippen LogP contribution in [-0.4, -0.2) is 51.5 Å². The highest BCUT2D eigenvalue weighted by atomic mass is 32.2. The van der Waals surface area contributed by atoms with Gasteiger partial charge >= 0.3 is 5.97 Å². The van der Waals surface area contributed by atoms with Crippen LogP contribution in [0.15, 0.2) is 22.7 Å². The molecule has 0 radical (unpaired) electrons. The average Bonchev–Trinajstić information content (AvgIpc) is 3.25. The van der Waals surface area contributed by atoms with Gasteiger partial charge in [-0.25, -0.2) is 4.68 Å². The molecule has 0 atom stereocenters. The molecule has 0 spiro atoms. The van der Waals surface area contributed by atoms with E-state index in [0.717, 1.165) is 6.42 Å². The Labute approximate surface area is 148 Å². The first kappa shape index (κ1) is 18.4. The molecule has 2 aromatic rings. The van der Waals surface area contributed by atoms with Gasteiger partial charge < -0.3 is 10.1 Å². The Bertz CT molecular complexity index is 645. The number of nitrogens with zero attached hydrogens (tertiary/aromatic N) is 4. The number of carbonyl (C=O) groups is 2. The number of esters is 1. The number of thioether (sulfide) groups is 1. The molecule has 130 valence electrons. The van der Waals surface area contributed by atoms with E-state index in [0.29, 0.717) is 31.1 Å². The molecule has 24 heavy (non-hydrogen) atoms. The van der Waals surface area contributed by atoms with Crippen LogP contribution in [0.5, 0.6) is 0 Å². The van der Waals surface area contributed by atoms with Crippen LogP contribution in [0, 0.1) is 0 Å². The first-order valence-corrected chi connectivity index (χ1v) is 9.30. The van der Waals surface area contributed by atoms with Crippen molar-refractivity contribution in [2.24, 2.45) is 0 Å². The second kappa shape index (κ2) is 10.0. The number of carbonyl (C=O) groups excluding carboxylic acids is 2. The van der Waals surface area contributed by atoms with Crippen LogP contribution in [0.25, 0.3) is 0 Å². The van der Waals surface area contributed by atoms with Crippen LogP contribution in [0.1, 0.15) is 17.7 Å². The molecule has 1 N–H and O–H groups in total. The fourth-order valence-electron chi connectivity index (χ4n) is 1.85. The number of tetrazole rings is 1. The van der Waals surface area contributed by atoms with Gasteiger partial charge in [-0.15, -0.1) is 16.4 Å². The van der Waals surface area contributed by atoms with Gasteiger partial charge in [0, 0.05) is 24.3 Å². The highest BCUT2D eigenvalue weighted by Gasteiger charge is 2.10. The summed E-state index contributed by atoms with van der Waals surface area (Å²) in [5, 5.41) is 17.0. The molecule has 2 rings (SSSR count). The van der Waals surface area contributed by atoms with Crippen molar-refractivity contribution in [3.05, 3.63) is 22.4 Å². The zero-order valence-electron chi connectivity index (χ0n) is 13.3. The molecule has 1 amide bonds. The van der Waals surface area contributed by atoms with Gasteiger partial charge in [-0.1, -0.05) is 17.8 Å². The summed E-state index contributed by atoms with van der Waals surface area (Å²) in [6.07, 6.45) is 1.71. The van der Waals surface area contributed by atoms with E-state index >= 15 is 0 Å². The van der Waals surface area contributed by atoms with Crippen molar-refractivity contribution < 1.29 is 14.3 Å². The average molecular weight is 369 g/mol. The molecule has 0 bridgehead atoms. The lowest BCUT2D eigenvalue weighted by Gasteiger charge is -2.05. The molecular weight excluding hydrogens is 350 g/mol. The fourth-order valence-corrected chi connectivity index (χ4v) is 3.29. The Morgan fingerprint density at radius 2 is 2.33 bits per heavy atom. The van der Waals surface area contributed by atoms with Gasteiger partial charge in [0.2, 0.25) is 11.1 Å². The minimum absolute atomic E-state index is 0.113. The molecule has 0 aromatic carbocycles. The van der Waals surface area contributed by atoms with Crippen LogP contribution >= 0.6 is 23.1 Å². The molecule has 0 aliphatic rings. The van der Waals surface area contributed by atoms with E-state index in [1.807, 2.05) is 11.4 Å². The molecule has 0 fully saturated rings. The third-order valence-corrected chi connectivity index (χ3v) is 4.98. The van der Waals surface area contributed by atoms with Crippen molar-refractivity contribution in [2.75, 3.05) is 19.4 Å². The van der Waals surface area contributed by atoms with E-state index in [9.17, 15) is 9.59 Å². The van der Waals surface area contributed by atoms with E-state index in [2.05, 4.69) is 31.6 Å². The number of rotatable bonds is 10. The molecule has 8 nitrogen and oxygen atoms in total. The van der Waals surface area contributed by atoms with Gasteiger partial charge in [0.15, 0.2) is 0 Å². The Morgan fingerprint density at radius 1 is 1.46 bits per heavy atom. The van der Waals surface area contributed by atoms with Crippen molar-refractivity contribution in [3.63, 3.8) is 0 Å². The minimum atomic E-state index is -0.274. The summed E-state index contributed by atoms with van der Waals surface area (Å²) in [5.41, 5.74) is 0. The minimum Gasteiger partial charge on any atom is -0.469 e. The summed E-state index contributed by atoms with van der Waals surface area (Å²) in [5.74, 6) is -0.154. The lowest BCUT2D eigenvalue weighted by atomic mass is 10.3. The number of aromatic nitrogens is 4. The Balaban J connectivity index is 1.67. The molecule has 0 aliphatic carbocycles. The van der Waals surface area contributed by atoms with Crippen LogP contribution in [0.4, 0.5) is 0 Å². The van der Waals surface area contributed by atoms with E-state index < -0.39 is 0 Å². The topological polar surface area (TPSA) is 99.0 Å². The number of ether oxygens (including phenoxy) is 1. The van der Waals surface area contributed by atoms with E-state index in [1.54, 1.807) is 16.0 Å². The number of thiophene rings is 1. The highest BCUT2D eigenvalue weighted by Crippen LogP contribution is 2.15. The Morgan fingerprint density at radius 3 is 3.08 bits per heavy atom. The number of hydrogen-bond donors (Lipinski definition) is 1. The first-order chi connectivity index (χ1) is 11.7. The van der Waals surface area contributed by atoms with E-state index in [4.69, 9.17) is 0 Å². The molecule has 0 aliphatic heterocycles. The molecular formula is C14H19N5O3S2. The summed E-state index contributed by atoms with van der Waals surface area (Å²) >= 11 is 2.99. The SMILES string of the molecule is COC(=O)CCCNC(=O)CSc1nnnn1CCc1cccs1. The van der Waals surface area contributed by atoms with Crippen LogP contribution in [-0.2, 0) is 27.3 Å². The predicted molar refractivity (Wildman–Crippen MR) is 90.8 cm³/mol. The number of methoxy groups -OCH3 is 1. The summed E-state index contributed by atoms with van der Waals surface area (Å²) < 4.78 is 6.24. The molecule has 10 heteroatoms. The quantitative estimate of drug-likeness (QED) is 0.381. The lowest BCUT2D eigenvalue weighted by molar-refractivity contribution is -0.140. The third kappa shape index (κ3) is 6.28. The molecule has 0 saturated carbocycles. The summed E-state index contributed by atoms with van der Waals surface area (Å²) in [7, 11) is 1.35. The van der Waals surface area contributed by atoms with E-state index in [1.165, 1.54) is 23.7 Å². The number of hydrogen-bond acceptors (Lipinski definition) is 8. The van der Waals surface area contributed by atoms with Gasteiger partial charge in [-0.05, 0) is 28.3 Å². The van der Waals surface area contributed by atoms with Crippen LogP contribution < -0.4 is 5.32 Å². The molecule has 0 saturated heterocycles. The lowest BCUT2D eigenvalue weighted by Crippen LogP contribution is -2.26. The summed E-state index contributed by atoms with van der Waals surface area (Å²) in [6, 6.07) is 4.09. The van der Waals surface area contributed by atoms with Gasteiger partial charge in [0.25, 0.3) is 0 Å². The number of nitrogens with one attached hydrogen (secondary N) is 1. The second-order valence-electron chi connectivity index (χ2n) is 4.83. The maximum Gasteiger partial charge on any atom is 0.305 e. The maximum atomic E-state index is 11.8. The van der Waals surface area contributed by atoms with Crippen LogP contribution in [0.3, 0.4) is 0 Å². The van der Waals surface area contributed by atoms with Crippen molar-refractivity contribution in [3.8, 4) is 0 Å². The van der Waals surface area contributed by atoms with Gasteiger partial charge in [-0.3, -0.25) is 9.59 Å². The van der Waals surface area contributed by atoms with Gasteiger partial charge in [0.1, 0.15) is 0 Å². The zero-order valence-corrected chi connectivity index (χ0v) is 14.9. The van der Waals surface area contributed by atoms with Gasteiger partial charge in [-0.2, -0.15) is 0 Å². The Hall–Kier alpha value is -1.94. The second-order valence-corrected chi connectivity index (χ2v) is 6.81. The molecule has 2 heterocycles. The summed E-state index contributed by atoms with van der Waals surface area (Å²) in [4.78, 5) is 24.0. The third-order valence-electron chi connectivity index (χ3n) is 3.09. The van der Waals surface area contributed by atoms with Crippen molar-refractivity contribution in [1.82, 2.24) is 25.5 Å². The van der Waals surface area contributed by atoms with E-state index in [-0.39, 0.29) is 17.6 Å². The Kier molecular flexibility index (Phi) is 7.69. The van der Waals surface area contributed by atoms with Crippen molar-refractivity contribution >= 4 is 35.0 Å². The normalized spacial score (nSPS) is 10.5. The first-order valence-electron chi connectivity index (χ1n) is 7.44. The highest BCUT2D eigenvalue weighted by molar-refractivity contribution is 7.99. The summed E-state index contributed by atoms with van der Waals surface area (Å²) in [6.45, 7) is 1.12. The maximum absolute atomic E-state index is 11.8. The standard InChI is InChI=1S/C14H19N5O3S2/c1-22-13(21)5-2-7-15-12(20)10-24-14-16-17-18-19(14)8-6-11-4-3-9-23-11/h3-4,9H,2,5-8,10H2,1H3,(H,15,20). The number of amides is 1. The van der Waals surface area contributed by atoms with Gasteiger partial charge in [0.05, 0.1) is 19.4 Å². The zero-order chi connectivity index (χ0) is 17.2. The fraction of sp³-hybridized carbons (Fsp3) is 0.500. The molecule has 0 unspecified atom stereocenters. The monoisotopic (exact) mass is 369 g/mol.